The number of rotatable bonds is 3. The van der Waals surface area contributed by atoms with E-state index in [1.165, 1.54) is 0 Å². The minimum atomic E-state index is -0.374. The fourth-order valence-electron chi connectivity index (χ4n) is 1.49. The topological polar surface area (TPSA) is 46.6 Å². The van der Waals surface area contributed by atoms with Crippen LogP contribution in [0.3, 0.4) is 0 Å². The van der Waals surface area contributed by atoms with Crippen LogP contribution in [0.15, 0.2) is 24.8 Å². The molecule has 0 aliphatic carbocycles. The molecule has 1 saturated heterocycles. The van der Waals surface area contributed by atoms with Crippen molar-refractivity contribution in [1.29, 1.82) is 0 Å². The Morgan fingerprint density at radius 1 is 1.17 bits per heavy atom. The van der Waals surface area contributed by atoms with Gasteiger partial charge in [0.05, 0.1) is 10.0 Å². The first-order chi connectivity index (χ1) is 8.49. The van der Waals surface area contributed by atoms with E-state index >= 15 is 0 Å². The monoisotopic (exact) mass is 285 g/mol. The molecule has 0 N–H and O–H groups in total. The van der Waals surface area contributed by atoms with E-state index in [-0.39, 0.29) is 30.4 Å². The Labute approximate surface area is 114 Å². The molecular weight excluding hydrogens is 277 g/mol. The zero-order chi connectivity index (χ0) is 13.3. The van der Waals surface area contributed by atoms with Gasteiger partial charge in [-0.15, -0.1) is 5.06 Å². The number of hydrogen-bond acceptors (Lipinski definition) is 3. The highest BCUT2D eigenvalue weighted by molar-refractivity contribution is 6.42. The lowest BCUT2D eigenvalue weighted by atomic mass is 10.2. The van der Waals surface area contributed by atoms with Crippen LogP contribution in [-0.2, 0) is 14.4 Å². The molecule has 0 bridgehead atoms. The van der Waals surface area contributed by atoms with Crippen molar-refractivity contribution < 1.29 is 14.4 Å². The van der Waals surface area contributed by atoms with Gasteiger partial charge in [0.2, 0.25) is 0 Å². The van der Waals surface area contributed by atoms with Crippen molar-refractivity contribution in [2.45, 2.75) is 12.8 Å². The standard InChI is InChI=1S/C12H9Cl2NO3/c1-7(8-2-3-9(13)10(14)6-8)18-15-11(16)4-5-12(15)17/h2-3,6H,1,4-5H2. The molecule has 1 aromatic carbocycles. The molecule has 6 heteroatoms. The largest absolute Gasteiger partial charge is 0.369 e. The van der Waals surface area contributed by atoms with Gasteiger partial charge < -0.3 is 4.84 Å². The van der Waals surface area contributed by atoms with Crippen LogP contribution in [0.5, 0.6) is 0 Å². The Kier molecular flexibility index (Phi) is 3.59. The molecule has 1 aliphatic heterocycles. The second-order valence-corrected chi connectivity index (χ2v) is 4.54. The van der Waals surface area contributed by atoms with E-state index in [0.717, 1.165) is 5.06 Å². The van der Waals surface area contributed by atoms with Gasteiger partial charge >= 0.3 is 0 Å². The van der Waals surface area contributed by atoms with Crippen LogP contribution in [0.4, 0.5) is 0 Å². The zero-order valence-electron chi connectivity index (χ0n) is 9.28. The van der Waals surface area contributed by atoms with Gasteiger partial charge in [0.15, 0.2) is 5.76 Å². The van der Waals surface area contributed by atoms with Gasteiger partial charge in [0.25, 0.3) is 11.8 Å². The highest BCUT2D eigenvalue weighted by atomic mass is 35.5. The molecule has 0 saturated carbocycles. The Balaban J connectivity index is 2.14. The predicted octanol–water partition coefficient (Wildman–Crippen LogP) is 3.04. The molecule has 2 amide bonds. The van der Waals surface area contributed by atoms with Gasteiger partial charge in [0.1, 0.15) is 0 Å². The zero-order valence-corrected chi connectivity index (χ0v) is 10.8. The van der Waals surface area contributed by atoms with Crippen molar-refractivity contribution in [2.24, 2.45) is 0 Å². The molecule has 4 nitrogen and oxygen atoms in total. The molecule has 94 valence electrons. The lowest BCUT2D eigenvalue weighted by molar-refractivity contribution is -0.169. The van der Waals surface area contributed by atoms with E-state index in [0.29, 0.717) is 15.6 Å². The molecule has 1 heterocycles. The average molecular weight is 286 g/mol. The van der Waals surface area contributed by atoms with Gasteiger partial charge in [-0.05, 0) is 18.2 Å². The number of hydroxylamine groups is 2. The van der Waals surface area contributed by atoms with E-state index in [4.69, 9.17) is 28.0 Å². The Bertz CT molecular complexity index is 526. The molecule has 1 aliphatic rings. The summed E-state index contributed by atoms with van der Waals surface area (Å²) in [6, 6.07) is 4.78. The quantitative estimate of drug-likeness (QED) is 0.633. The molecule has 0 radical (unpaired) electrons. The third kappa shape index (κ3) is 2.49. The Morgan fingerprint density at radius 2 is 1.78 bits per heavy atom. The molecule has 0 spiro atoms. The number of amides is 2. The van der Waals surface area contributed by atoms with Gasteiger partial charge in [-0.25, -0.2) is 0 Å². The molecule has 0 aromatic heterocycles. The first-order valence-electron chi connectivity index (χ1n) is 5.17. The number of hydrogen-bond donors (Lipinski definition) is 0. The molecule has 1 fully saturated rings. The van der Waals surface area contributed by atoms with Crippen LogP contribution in [0.25, 0.3) is 5.76 Å². The third-order valence-corrected chi connectivity index (χ3v) is 3.19. The van der Waals surface area contributed by atoms with Crippen LogP contribution in [0, 0.1) is 0 Å². The van der Waals surface area contributed by atoms with Crippen molar-refractivity contribution in [3.8, 4) is 0 Å². The highest BCUT2D eigenvalue weighted by Crippen LogP contribution is 2.27. The minimum absolute atomic E-state index is 0.160. The van der Waals surface area contributed by atoms with Crippen LogP contribution in [-0.4, -0.2) is 16.9 Å². The van der Waals surface area contributed by atoms with Crippen molar-refractivity contribution in [1.82, 2.24) is 5.06 Å². The number of carbonyl (C=O) groups is 2. The maximum Gasteiger partial charge on any atom is 0.263 e. The van der Waals surface area contributed by atoms with Gasteiger partial charge in [0, 0.05) is 18.4 Å². The van der Waals surface area contributed by atoms with Crippen molar-refractivity contribution in [2.75, 3.05) is 0 Å². The van der Waals surface area contributed by atoms with E-state index < -0.39 is 0 Å². The number of imide groups is 1. The first-order valence-corrected chi connectivity index (χ1v) is 5.92. The summed E-state index contributed by atoms with van der Waals surface area (Å²) in [4.78, 5) is 27.9. The van der Waals surface area contributed by atoms with Gasteiger partial charge in [-0.1, -0.05) is 29.8 Å². The van der Waals surface area contributed by atoms with E-state index in [2.05, 4.69) is 6.58 Å². The Hall–Kier alpha value is -1.52. The summed E-state index contributed by atoms with van der Waals surface area (Å²) in [5, 5.41) is 1.48. The summed E-state index contributed by atoms with van der Waals surface area (Å²) in [6.07, 6.45) is 0.320. The SMILES string of the molecule is C=C(ON1C(=O)CCC1=O)c1ccc(Cl)c(Cl)c1. The van der Waals surface area contributed by atoms with Crippen molar-refractivity contribution in [3.63, 3.8) is 0 Å². The first kappa shape index (κ1) is 12.9. The minimum Gasteiger partial charge on any atom is -0.369 e. The fraction of sp³-hybridized carbons (Fsp3) is 0.167. The fourth-order valence-corrected chi connectivity index (χ4v) is 1.79. The van der Waals surface area contributed by atoms with E-state index in [1.54, 1.807) is 18.2 Å². The normalized spacial score (nSPS) is 15.1. The molecular formula is C12H9Cl2NO3. The summed E-state index contributed by atoms with van der Waals surface area (Å²) in [5.41, 5.74) is 0.553. The molecule has 0 unspecified atom stereocenters. The van der Waals surface area contributed by atoms with Crippen LogP contribution in [0.1, 0.15) is 18.4 Å². The summed E-state index contributed by atoms with van der Waals surface area (Å²) < 4.78 is 0. The van der Waals surface area contributed by atoms with Gasteiger partial charge in [-0.2, -0.15) is 0 Å². The molecule has 2 rings (SSSR count). The number of carbonyl (C=O) groups excluding carboxylic acids is 2. The predicted molar refractivity (Wildman–Crippen MR) is 67.7 cm³/mol. The summed E-state index contributed by atoms with van der Waals surface area (Å²) in [6.45, 7) is 3.66. The molecule has 0 atom stereocenters. The highest BCUT2D eigenvalue weighted by Gasteiger charge is 2.31. The van der Waals surface area contributed by atoms with E-state index in [1.807, 2.05) is 0 Å². The summed E-state index contributed by atoms with van der Waals surface area (Å²) in [5.74, 6) is -0.584. The second-order valence-electron chi connectivity index (χ2n) is 3.73. The van der Waals surface area contributed by atoms with Crippen LogP contribution < -0.4 is 0 Å². The maximum atomic E-state index is 11.4. The average Bonchev–Trinajstić information content (AvgIpc) is 2.64. The maximum absolute atomic E-state index is 11.4. The van der Waals surface area contributed by atoms with Crippen molar-refractivity contribution >= 4 is 40.8 Å². The summed E-state index contributed by atoms with van der Waals surface area (Å²) >= 11 is 11.6. The number of benzene rings is 1. The summed E-state index contributed by atoms with van der Waals surface area (Å²) in [7, 11) is 0. The molecule has 1 aromatic rings. The second kappa shape index (κ2) is 5.00. The number of halogens is 2. The third-order valence-electron chi connectivity index (χ3n) is 2.45. The van der Waals surface area contributed by atoms with Crippen molar-refractivity contribution in [3.05, 3.63) is 40.4 Å². The molecule has 18 heavy (non-hydrogen) atoms. The number of nitrogens with zero attached hydrogens (tertiary/aromatic N) is 1. The van der Waals surface area contributed by atoms with Crippen LogP contribution >= 0.6 is 23.2 Å². The van der Waals surface area contributed by atoms with Gasteiger partial charge in [-0.3, -0.25) is 9.59 Å². The van der Waals surface area contributed by atoms with Crippen LogP contribution in [0.2, 0.25) is 10.0 Å². The lowest BCUT2D eigenvalue weighted by Crippen LogP contribution is -2.28. The van der Waals surface area contributed by atoms with E-state index in [9.17, 15) is 9.59 Å². The smallest absolute Gasteiger partial charge is 0.263 e. The Morgan fingerprint density at radius 3 is 2.33 bits per heavy atom. The lowest BCUT2D eigenvalue weighted by Gasteiger charge is -2.16.